The van der Waals surface area contributed by atoms with E-state index in [0.717, 1.165) is 0 Å². The van der Waals surface area contributed by atoms with Gasteiger partial charge in [0, 0.05) is 0 Å². The number of hydrogen-bond acceptors (Lipinski definition) is 0. The van der Waals surface area contributed by atoms with Gasteiger partial charge in [0.25, 0.3) is 0 Å². The number of rotatable bonds is 0. The van der Waals surface area contributed by atoms with Crippen molar-refractivity contribution in [1.82, 2.24) is 0 Å². The van der Waals surface area contributed by atoms with Crippen LogP contribution in [0.5, 0.6) is 0 Å². The molecular weight excluding hydrogens is 98.0 g/mol. The summed E-state index contributed by atoms with van der Waals surface area (Å²) in [7, 11) is 2.64. The summed E-state index contributed by atoms with van der Waals surface area (Å²) in [6.45, 7) is 0. The molecule has 0 nitrogen and oxygen atoms in total. The fourth-order valence-corrected chi connectivity index (χ4v) is 3.98. The highest BCUT2D eigenvalue weighted by molar-refractivity contribution is 7.60. The molecule has 5 heavy (non-hydrogen) atoms. The van der Waals surface area contributed by atoms with Crippen molar-refractivity contribution in [3.05, 3.63) is 0 Å². The van der Waals surface area contributed by atoms with Crippen LogP contribution in [0.1, 0.15) is 0 Å². The third-order valence-corrected chi connectivity index (χ3v) is 4.44. The molecule has 1 heterocycles. The average Bonchev–Trinajstić information content (AvgIpc) is 1.76. The molecule has 0 radical (unpaired) electrons. The van der Waals surface area contributed by atoms with Gasteiger partial charge in [-0.25, -0.2) is 0 Å². The van der Waals surface area contributed by atoms with E-state index in [9.17, 15) is 0 Å². The highest BCUT2D eigenvalue weighted by atomic mass is 31.1. The molecule has 30 valence electrons. The smallest absolute Gasteiger partial charge is 0.0175 e. The zero-order chi connectivity index (χ0) is 3.54. The van der Waals surface area contributed by atoms with Gasteiger partial charge in [0.05, 0.1) is 0 Å². The van der Waals surface area contributed by atoms with Crippen molar-refractivity contribution in [2.24, 2.45) is 0 Å². The lowest BCUT2D eigenvalue weighted by Gasteiger charge is -1.69. The predicted octanol–water partition coefficient (Wildman–Crippen LogP) is 1.31. The predicted molar refractivity (Wildman–Crippen MR) is 31.2 cm³/mol. The van der Waals surface area contributed by atoms with Crippen LogP contribution in [0.4, 0.5) is 0 Å². The Bertz CT molecular complexity index is 16.5. The molecule has 0 saturated carbocycles. The summed E-state index contributed by atoms with van der Waals surface area (Å²) in [5.41, 5.74) is 0. The molecule has 0 aromatic rings. The van der Waals surface area contributed by atoms with Crippen molar-refractivity contribution in [2.45, 2.75) is 0 Å². The van der Waals surface area contributed by atoms with Crippen molar-refractivity contribution in [3.8, 4) is 0 Å². The molecule has 0 aromatic carbocycles. The maximum Gasteiger partial charge on any atom is -0.0175 e. The van der Waals surface area contributed by atoms with E-state index in [1.165, 1.54) is 17.2 Å². The van der Waals surface area contributed by atoms with Crippen LogP contribution < -0.4 is 0 Å². The first-order chi connectivity index (χ1) is 2.50. The third kappa shape index (κ3) is 1.16. The van der Waals surface area contributed by atoms with Crippen LogP contribution in [0, 0.1) is 0 Å². The Kier molecular flexibility index (Phi) is 1.70. The molecule has 0 N–H and O–H groups in total. The van der Waals surface area contributed by atoms with Crippen molar-refractivity contribution in [2.75, 3.05) is 18.2 Å². The first kappa shape index (κ1) is 4.03. The molecule has 1 aliphatic rings. The molecule has 1 fully saturated rings. The Hall–Kier alpha value is 0.860. The minimum absolute atomic E-state index is 1.32. The van der Waals surface area contributed by atoms with Gasteiger partial charge in [-0.15, -0.1) is 17.2 Å². The van der Waals surface area contributed by atoms with Gasteiger partial charge in [-0.05, 0) is 18.2 Å². The summed E-state index contributed by atoms with van der Waals surface area (Å²) in [5.74, 6) is 1.56. The van der Waals surface area contributed by atoms with Crippen molar-refractivity contribution < 1.29 is 0 Å². The summed E-state index contributed by atoms with van der Waals surface area (Å²) in [4.78, 5) is 0. The van der Waals surface area contributed by atoms with Crippen LogP contribution in [0.25, 0.3) is 0 Å². The van der Waals surface area contributed by atoms with E-state index >= 15 is 0 Å². The lowest BCUT2D eigenvalue weighted by atomic mass is 11.0. The molecule has 1 rings (SSSR count). The highest BCUT2D eigenvalue weighted by Crippen LogP contribution is 2.32. The maximum atomic E-state index is 1.56. The quantitative estimate of drug-likeness (QED) is 0.408. The largest absolute Gasteiger partial charge is 0.118 e. The summed E-state index contributed by atoms with van der Waals surface area (Å²) in [6.07, 6.45) is 3.08. The lowest BCUT2D eigenvalue weighted by Crippen LogP contribution is -1.61. The first-order valence-electron chi connectivity index (χ1n) is 1.91. The molecule has 0 spiro atoms. The van der Waals surface area contributed by atoms with Crippen molar-refractivity contribution in [1.29, 1.82) is 0 Å². The van der Waals surface area contributed by atoms with Gasteiger partial charge < -0.3 is 0 Å². The molecule has 0 bridgehead atoms. The van der Waals surface area contributed by atoms with Crippen LogP contribution in [-0.4, -0.2) is 18.2 Å². The van der Waals surface area contributed by atoms with Crippen molar-refractivity contribution >= 4 is 17.2 Å². The standard InChI is InChI=1S/C3H8P2/c1-2-5-3-4-1/h4-5H,1-3H2. The maximum absolute atomic E-state index is 1.56. The molecule has 1 saturated heterocycles. The van der Waals surface area contributed by atoms with Crippen LogP contribution in [0.15, 0.2) is 0 Å². The van der Waals surface area contributed by atoms with Gasteiger partial charge in [-0.2, -0.15) is 0 Å². The second kappa shape index (κ2) is 2.11. The highest BCUT2D eigenvalue weighted by Gasteiger charge is 1.94. The summed E-state index contributed by atoms with van der Waals surface area (Å²) in [5, 5.41) is 0. The Morgan fingerprint density at radius 2 is 1.60 bits per heavy atom. The molecule has 1 aliphatic heterocycles. The Balaban J connectivity index is 2.08. The van der Waals surface area contributed by atoms with E-state index in [4.69, 9.17) is 0 Å². The molecule has 0 aromatic heterocycles. The van der Waals surface area contributed by atoms with Gasteiger partial charge in [0.2, 0.25) is 0 Å². The van der Waals surface area contributed by atoms with Gasteiger partial charge in [-0.1, -0.05) is 0 Å². The molecule has 2 unspecified atom stereocenters. The second-order valence-electron chi connectivity index (χ2n) is 1.18. The Labute approximate surface area is 36.3 Å². The van der Waals surface area contributed by atoms with Crippen molar-refractivity contribution in [3.63, 3.8) is 0 Å². The topological polar surface area (TPSA) is 0 Å². The van der Waals surface area contributed by atoms with E-state index in [2.05, 4.69) is 0 Å². The van der Waals surface area contributed by atoms with E-state index in [-0.39, 0.29) is 0 Å². The van der Waals surface area contributed by atoms with Gasteiger partial charge in [-0.3, -0.25) is 0 Å². The van der Waals surface area contributed by atoms with Gasteiger partial charge >= 0.3 is 0 Å². The summed E-state index contributed by atoms with van der Waals surface area (Å²) < 4.78 is 0. The van der Waals surface area contributed by atoms with Crippen LogP contribution in [0.3, 0.4) is 0 Å². The molecule has 2 heteroatoms. The van der Waals surface area contributed by atoms with Crippen LogP contribution >= 0.6 is 17.2 Å². The summed E-state index contributed by atoms with van der Waals surface area (Å²) in [6, 6.07) is 0. The minimum atomic E-state index is 1.32. The third-order valence-electron chi connectivity index (χ3n) is 0.729. The molecular formula is C3H8P2. The zero-order valence-electron chi connectivity index (χ0n) is 3.12. The van der Waals surface area contributed by atoms with Gasteiger partial charge in [0.1, 0.15) is 0 Å². The number of hydrogen-bond donors (Lipinski definition) is 0. The first-order valence-corrected chi connectivity index (χ1v) is 4.74. The average molecular weight is 106 g/mol. The van der Waals surface area contributed by atoms with E-state index in [1.54, 1.807) is 18.2 Å². The van der Waals surface area contributed by atoms with E-state index < -0.39 is 0 Å². The fourth-order valence-electron chi connectivity index (χ4n) is 0.442. The van der Waals surface area contributed by atoms with E-state index in [0.29, 0.717) is 0 Å². The Morgan fingerprint density at radius 1 is 1.00 bits per heavy atom. The summed E-state index contributed by atoms with van der Waals surface area (Å²) >= 11 is 0. The molecule has 2 atom stereocenters. The zero-order valence-corrected chi connectivity index (χ0v) is 5.12. The van der Waals surface area contributed by atoms with Crippen LogP contribution in [-0.2, 0) is 0 Å². The monoisotopic (exact) mass is 106 g/mol. The normalized spacial score (nSPS) is 33.6. The lowest BCUT2D eigenvalue weighted by molar-refractivity contribution is 1.57. The minimum Gasteiger partial charge on any atom is -0.118 e. The van der Waals surface area contributed by atoms with Crippen LogP contribution in [0.2, 0.25) is 0 Å². The fraction of sp³-hybridized carbons (Fsp3) is 1.00. The SMILES string of the molecule is C1CPCP1. The van der Waals surface area contributed by atoms with E-state index in [1.807, 2.05) is 0 Å². The molecule has 0 amide bonds. The second-order valence-corrected chi connectivity index (χ2v) is 4.59. The Morgan fingerprint density at radius 3 is 1.80 bits per heavy atom. The molecule has 0 aliphatic carbocycles. The van der Waals surface area contributed by atoms with Gasteiger partial charge in [0.15, 0.2) is 0 Å².